The molecule has 1 fully saturated rings. The fourth-order valence-electron chi connectivity index (χ4n) is 3.41. The number of thiazole rings is 1. The standard InChI is InChI=1S/C22H26BrN7O2S/c1-3-32-20(31)19-14(2)26-22(33-19)29-21-27-17(25-13-15-5-4-6-16(23)11-15)12-18(28-21)30-9-7-24-8-10-30/h4-6,11-12,24H,3,7-10,13H2,1-2H3,(H2,25,26,27,28,29). The Balaban J connectivity index is 1.57. The number of nitrogens with zero attached hydrogens (tertiary/aromatic N) is 4. The lowest BCUT2D eigenvalue weighted by Crippen LogP contribution is -2.44. The molecule has 1 aromatic carbocycles. The molecule has 0 atom stereocenters. The van der Waals surface area contributed by atoms with Gasteiger partial charge in [-0.1, -0.05) is 39.4 Å². The van der Waals surface area contributed by atoms with Crippen LogP contribution < -0.4 is 20.9 Å². The van der Waals surface area contributed by atoms with Gasteiger partial charge >= 0.3 is 5.97 Å². The molecule has 4 rings (SSSR count). The topological polar surface area (TPSA) is 104 Å². The Morgan fingerprint density at radius 3 is 2.82 bits per heavy atom. The van der Waals surface area contributed by atoms with Crippen molar-refractivity contribution in [2.45, 2.75) is 20.4 Å². The zero-order chi connectivity index (χ0) is 23.2. The monoisotopic (exact) mass is 531 g/mol. The first-order valence-electron chi connectivity index (χ1n) is 10.8. The second kappa shape index (κ2) is 10.9. The molecular weight excluding hydrogens is 506 g/mol. The third-order valence-electron chi connectivity index (χ3n) is 4.99. The number of carbonyl (C=O) groups excluding carboxylic acids is 1. The molecule has 0 spiro atoms. The molecule has 0 amide bonds. The van der Waals surface area contributed by atoms with Gasteiger partial charge in [0.25, 0.3) is 0 Å². The lowest BCUT2D eigenvalue weighted by atomic mass is 10.2. The van der Waals surface area contributed by atoms with E-state index in [2.05, 4.69) is 58.9 Å². The van der Waals surface area contributed by atoms with Gasteiger partial charge in [0, 0.05) is 43.3 Å². The fourth-order valence-corrected chi connectivity index (χ4v) is 4.71. The summed E-state index contributed by atoms with van der Waals surface area (Å²) in [5.74, 6) is 1.60. The van der Waals surface area contributed by atoms with Crippen LogP contribution in [0.4, 0.5) is 22.7 Å². The van der Waals surface area contributed by atoms with E-state index in [4.69, 9.17) is 9.72 Å². The number of anilines is 4. The molecule has 0 radical (unpaired) electrons. The Bertz CT molecular complexity index is 1120. The van der Waals surface area contributed by atoms with E-state index in [1.807, 2.05) is 18.2 Å². The fraction of sp³-hybridized carbons (Fsp3) is 0.364. The van der Waals surface area contributed by atoms with Gasteiger partial charge in [-0.15, -0.1) is 0 Å². The Labute approximate surface area is 205 Å². The highest BCUT2D eigenvalue weighted by atomic mass is 79.9. The van der Waals surface area contributed by atoms with Crippen LogP contribution in [0.5, 0.6) is 0 Å². The molecule has 1 aliphatic heterocycles. The van der Waals surface area contributed by atoms with E-state index in [1.165, 1.54) is 11.3 Å². The maximum absolute atomic E-state index is 12.2. The Morgan fingerprint density at radius 2 is 2.06 bits per heavy atom. The summed E-state index contributed by atoms with van der Waals surface area (Å²) in [4.78, 5) is 28.7. The summed E-state index contributed by atoms with van der Waals surface area (Å²) in [6.45, 7) is 8.06. The van der Waals surface area contributed by atoms with Gasteiger partial charge in [-0.05, 0) is 31.5 Å². The maximum atomic E-state index is 12.2. The van der Waals surface area contributed by atoms with Gasteiger partial charge in [-0.2, -0.15) is 9.97 Å². The maximum Gasteiger partial charge on any atom is 0.350 e. The number of benzene rings is 1. The van der Waals surface area contributed by atoms with Crippen molar-refractivity contribution >= 4 is 56.0 Å². The number of aromatic nitrogens is 3. The normalized spacial score (nSPS) is 13.6. The van der Waals surface area contributed by atoms with E-state index in [9.17, 15) is 4.79 Å². The van der Waals surface area contributed by atoms with Crippen LogP contribution in [0.15, 0.2) is 34.8 Å². The van der Waals surface area contributed by atoms with E-state index >= 15 is 0 Å². The molecular formula is C22H26BrN7O2S. The Morgan fingerprint density at radius 1 is 1.24 bits per heavy atom. The number of hydrogen-bond donors (Lipinski definition) is 3. The molecule has 3 N–H and O–H groups in total. The van der Waals surface area contributed by atoms with Crippen molar-refractivity contribution in [1.29, 1.82) is 0 Å². The second-order valence-corrected chi connectivity index (χ2v) is 9.35. The molecule has 0 bridgehead atoms. The average Bonchev–Trinajstić information content (AvgIpc) is 3.18. The molecule has 0 aliphatic carbocycles. The number of ether oxygens (including phenoxy) is 1. The van der Waals surface area contributed by atoms with Crippen molar-refractivity contribution in [3.63, 3.8) is 0 Å². The molecule has 33 heavy (non-hydrogen) atoms. The zero-order valence-corrected chi connectivity index (χ0v) is 20.9. The summed E-state index contributed by atoms with van der Waals surface area (Å²) >= 11 is 4.75. The minimum Gasteiger partial charge on any atom is -0.462 e. The van der Waals surface area contributed by atoms with Gasteiger partial charge in [0.15, 0.2) is 5.13 Å². The van der Waals surface area contributed by atoms with Crippen LogP contribution in [0.1, 0.15) is 27.9 Å². The minimum absolute atomic E-state index is 0.321. The molecule has 1 saturated heterocycles. The number of esters is 1. The summed E-state index contributed by atoms with van der Waals surface area (Å²) in [6.07, 6.45) is 0. The van der Waals surface area contributed by atoms with E-state index in [0.29, 0.717) is 40.6 Å². The molecule has 0 saturated carbocycles. The minimum atomic E-state index is -0.368. The molecule has 174 valence electrons. The lowest BCUT2D eigenvalue weighted by Gasteiger charge is -2.28. The molecule has 3 aromatic rings. The number of hydrogen-bond acceptors (Lipinski definition) is 10. The van der Waals surface area contributed by atoms with Crippen molar-refractivity contribution in [3.8, 4) is 0 Å². The van der Waals surface area contributed by atoms with Gasteiger partial charge in [-0.3, -0.25) is 5.32 Å². The van der Waals surface area contributed by atoms with E-state index in [-0.39, 0.29) is 5.97 Å². The number of aryl methyl sites for hydroxylation is 1. The molecule has 3 heterocycles. The Kier molecular flexibility index (Phi) is 7.73. The third kappa shape index (κ3) is 6.18. The number of rotatable bonds is 8. The van der Waals surface area contributed by atoms with Crippen LogP contribution in [0.25, 0.3) is 0 Å². The van der Waals surface area contributed by atoms with Gasteiger partial charge in [0.1, 0.15) is 16.5 Å². The molecule has 0 unspecified atom stereocenters. The van der Waals surface area contributed by atoms with Crippen LogP contribution in [0.2, 0.25) is 0 Å². The van der Waals surface area contributed by atoms with Gasteiger partial charge < -0.3 is 20.3 Å². The summed E-state index contributed by atoms with van der Waals surface area (Å²) in [6, 6.07) is 10.1. The van der Waals surface area contributed by atoms with Crippen LogP contribution in [0.3, 0.4) is 0 Å². The predicted octanol–water partition coefficient (Wildman–Crippen LogP) is 3.95. The summed E-state index contributed by atoms with van der Waals surface area (Å²) in [7, 11) is 0. The van der Waals surface area contributed by atoms with Crippen LogP contribution >= 0.6 is 27.3 Å². The van der Waals surface area contributed by atoms with Crippen molar-refractivity contribution in [3.05, 3.63) is 50.9 Å². The highest BCUT2D eigenvalue weighted by Gasteiger charge is 2.19. The zero-order valence-electron chi connectivity index (χ0n) is 18.5. The summed E-state index contributed by atoms with van der Waals surface area (Å²) < 4.78 is 6.15. The molecule has 1 aliphatic rings. The first kappa shape index (κ1) is 23.4. The third-order valence-corrected chi connectivity index (χ3v) is 6.54. The highest BCUT2D eigenvalue weighted by Crippen LogP contribution is 2.27. The largest absolute Gasteiger partial charge is 0.462 e. The predicted molar refractivity (Wildman–Crippen MR) is 135 cm³/mol. The smallest absolute Gasteiger partial charge is 0.350 e. The SMILES string of the molecule is CCOC(=O)c1sc(Nc2nc(NCc3cccc(Br)c3)cc(N3CCNCC3)n2)nc1C. The van der Waals surface area contributed by atoms with Crippen molar-refractivity contribution in [2.24, 2.45) is 0 Å². The van der Waals surface area contributed by atoms with Crippen LogP contribution in [-0.4, -0.2) is 53.7 Å². The molecule has 2 aromatic heterocycles. The van der Waals surface area contributed by atoms with Crippen molar-refractivity contribution in [2.75, 3.05) is 48.3 Å². The second-order valence-electron chi connectivity index (χ2n) is 7.43. The number of piperazine rings is 1. The molecule has 9 nitrogen and oxygen atoms in total. The summed E-state index contributed by atoms with van der Waals surface area (Å²) in [5.41, 5.74) is 1.75. The van der Waals surface area contributed by atoms with E-state index in [1.54, 1.807) is 13.8 Å². The number of carbonyl (C=O) groups is 1. The van der Waals surface area contributed by atoms with E-state index < -0.39 is 0 Å². The van der Waals surface area contributed by atoms with E-state index in [0.717, 1.165) is 42.0 Å². The first-order valence-corrected chi connectivity index (χ1v) is 12.4. The van der Waals surface area contributed by atoms with Crippen molar-refractivity contribution < 1.29 is 9.53 Å². The van der Waals surface area contributed by atoms with Gasteiger partial charge in [0.2, 0.25) is 5.95 Å². The first-order chi connectivity index (χ1) is 16.0. The molecule has 11 heteroatoms. The average molecular weight is 532 g/mol. The van der Waals surface area contributed by atoms with Gasteiger partial charge in [0.05, 0.1) is 12.3 Å². The Hall–Kier alpha value is -2.76. The lowest BCUT2D eigenvalue weighted by molar-refractivity contribution is 0.0531. The number of halogens is 1. The van der Waals surface area contributed by atoms with Gasteiger partial charge in [-0.25, -0.2) is 9.78 Å². The summed E-state index contributed by atoms with van der Waals surface area (Å²) in [5, 5.41) is 10.5. The van der Waals surface area contributed by atoms with Crippen LogP contribution in [0, 0.1) is 6.92 Å². The highest BCUT2D eigenvalue weighted by molar-refractivity contribution is 9.10. The van der Waals surface area contributed by atoms with Crippen molar-refractivity contribution in [1.82, 2.24) is 20.3 Å². The quantitative estimate of drug-likeness (QED) is 0.372. The number of nitrogens with one attached hydrogen (secondary N) is 3. The van der Waals surface area contributed by atoms with Crippen LogP contribution in [-0.2, 0) is 11.3 Å².